The van der Waals surface area contributed by atoms with Crippen molar-refractivity contribution in [1.82, 2.24) is 9.62 Å². The highest BCUT2D eigenvalue weighted by atomic mass is 32.2. The Hall–Kier alpha value is -0.270. The normalized spacial score (nSPS) is 27.6. The second kappa shape index (κ2) is 5.37. The Bertz CT molecular complexity index is 313. The van der Waals surface area contributed by atoms with Crippen LogP contribution in [0.25, 0.3) is 0 Å². The van der Waals surface area contributed by atoms with Crippen molar-refractivity contribution >= 4 is 10.0 Å². The zero-order valence-corrected chi connectivity index (χ0v) is 10.3. The number of nitrogens with one attached hydrogen (secondary N) is 1. The monoisotopic (exact) mass is 256 g/mol. The van der Waals surface area contributed by atoms with Crippen LogP contribution in [0.4, 0.5) is 8.78 Å². The Kier molecular flexibility index (Phi) is 4.63. The summed E-state index contributed by atoms with van der Waals surface area (Å²) in [4.78, 5) is 0. The molecule has 0 aromatic rings. The summed E-state index contributed by atoms with van der Waals surface area (Å²) in [5, 5.41) is 3.11. The number of nitrogens with zero attached hydrogens (tertiary/aromatic N) is 1. The fraction of sp³-hybridized carbons (Fsp3) is 1.00. The molecule has 1 N–H and O–H groups in total. The van der Waals surface area contributed by atoms with Gasteiger partial charge in [0.2, 0.25) is 0 Å². The Labute approximate surface area is 95.1 Å². The van der Waals surface area contributed by atoms with Crippen LogP contribution in [0, 0.1) is 0 Å². The topological polar surface area (TPSA) is 49.4 Å². The summed E-state index contributed by atoms with van der Waals surface area (Å²) >= 11 is 0. The van der Waals surface area contributed by atoms with E-state index in [4.69, 9.17) is 0 Å². The van der Waals surface area contributed by atoms with Crippen LogP contribution in [-0.2, 0) is 10.0 Å². The van der Waals surface area contributed by atoms with Crippen LogP contribution in [0.3, 0.4) is 0 Å². The molecule has 0 atom stereocenters. The molecular weight excluding hydrogens is 238 g/mol. The summed E-state index contributed by atoms with van der Waals surface area (Å²) in [5.41, 5.74) is 0. The summed E-state index contributed by atoms with van der Waals surface area (Å²) in [6, 6.07) is 0.0857. The largest absolute Gasteiger partial charge is 0.350 e. The molecule has 7 heteroatoms. The molecule has 0 spiro atoms. The molecule has 0 bridgehead atoms. The first kappa shape index (κ1) is 13.8. The predicted molar refractivity (Wildman–Crippen MR) is 57.8 cm³/mol. The van der Waals surface area contributed by atoms with Crippen LogP contribution in [0.1, 0.15) is 25.7 Å². The van der Waals surface area contributed by atoms with Gasteiger partial charge in [-0.3, -0.25) is 0 Å². The summed E-state index contributed by atoms with van der Waals surface area (Å²) in [6.07, 6.45) is 2.91. The van der Waals surface area contributed by atoms with Crippen molar-refractivity contribution in [2.75, 3.05) is 14.1 Å². The molecule has 0 aromatic carbocycles. The molecule has 0 aliphatic heterocycles. The molecule has 0 saturated heterocycles. The maximum atomic E-state index is 12.3. The quantitative estimate of drug-likeness (QED) is 0.816. The molecule has 0 aromatic heterocycles. The van der Waals surface area contributed by atoms with Gasteiger partial charge in [-0.05, 0) is 32.7 Å². The average molecular weight is 256 g/mol. The van der Waals surface area contributed by atoms with Crippen molar-refractivity contribution in [2.24, 2.45) is 0 Å². The van der Waals surface area contributed by atoms with E-state index in [2.05, 4.69) is 5.32 Å². The minimum absolute atomic E-state index is 0.288. The highest BCUT2D eigenvalue weighted by molar-refractivity contribution is 7.89. The van der Waals surface area contributed by atoms with Crippen LogP contribution in [0.2, 0.25) is 0 Å². The van der Waals surface area contributed by atoms with E-state index < -0.39 is 15.8 Å². The number of halogens is 2. The second-order valence-electron chi connectivity index (χ2n) is 4.12. The maximum absolute atomic E-state index is 12.3. The van der Waals surface area contributed by atoms with Gasteiger partial charge in [-0.2, -0.15) is 13.1 Å². The van der Waals surface area contributed by atoms with Crippen molar-refractivity contribution in [3.8, 4) is 0 Å². The molecule has 1 aliphatic carbocycles. The van der Waals surface area contributed by atoms with E-state index in [1.54, 1.807) is 0 Å². The molecule has 1 aliphatic rings. The van der Waals surface area contributed by atoms with E-state index in [-0.39, 0.29) is 6.04 Å². The highest BCUT2D eigenvalue weighted by Crippen LogP contribution is 2.25. The smallest absolute Gasteiger partial charge is 0.317 e. The van der Waals surface area contributed by atoms with Crippen LogP contribution >= 0.6 is 0 Å². The van der Waals surface area contributed by atoms with E-state index >= 15 is 0 Å². The molecule has 0 heterocycles. The number of alkyl halides is 2. The van der Waals surface area contributed by atoms with Gasteiger partial charge in [0.1, 0.15) is 0 Å². The van der Waals surface area contributed by atoms with Crippen LogP contribution in [0.15, 0.2) is 0 Å². The number of rotatable bonds is 4. The Balaban J connectivity index is 2.60. The van der Waals surface area contributed by atoms with E-state index in [1.165, 1.54) is 7.05 Å². The van der Waals surface area contributed by atoms with Crippen LogP contribution in [-0.4, -0.2) is 44.7 Å². The third-order valence-corrected chi connectivity index (χ3v) is 4.80. The zero-order chi connectivity index (χ0) is 12.3. The van der Waals surface area contributed by atoms with Crippen molar-refractivity contribution < 1.29 is 17.2 Å². The summed E-state index contributed by atoms with van der Waals surface area (Å²) in [5.74, 6) is -3.32. The average Bonchev–Trinajstić information content (AvgIpc) is 2.28. The zero-order valence-electron chi connectivity index (χ0n) is 9.49. The van der Waals surface area contributed by atoms with Gasteiger partial charge in [0, 0.05) is 19.1 Å². The second-order valence-corrected chi connectivity index (χ2v) is 6.08. The summed E-state index contributed by atoms with van der Waals surface area (Å²) in [7, 11) is -1.33. The minimum atomic E-state index is -4.42. The molecule has 1 fully saturated rings. The predicted octanol–water partition coefficient (Wildman–Crippen LogP) is 1.00. The standard InChI is InChI=1S/C9H18F2N2O2S/c1-12-7-3-5-8(6-4-7)13(2)16(14,15)9(10)11/h7-9,12H,3-6H2,1-2H3. The van der Waals surface area contributed by atoms with Gasteiger partial charge in [-0.15, -0.1) is 0 Å². The Morgan fingerprint density at radius 3 is 2.12 bits per heavy atom. The molecule has 96 valence electrons. The minimum Gasteiger partial charge on any atom is -0.317 e. The van der Waals surface area contributed by atoms with E-state index in [1.807, 2.05) is 7.05 Å². The Morgan fingerprint density at radius 2 is 1.75 bits per heavy atom. The van der Waals surface area contributed by atoms with Gasteiger partial charge in [0.15, 0.2) is 0 Å². The first-order chi connectivity index (χ1) is 7.39. The lowest BCUT2D eigenvalue weighted by molar-refractivity contribution is 0.200. The van der Waals surface area contributed by atoms with E-state index in [9.17, 15) is 17.2 Å². The molecule has 1 saturated carbocycles. The lowest BCUT2D eigenvalue weighted by Crippen LogP contribution is -2.44. The van der Waals surface area contributed by atoms with Gasteiger partial charge in [0.05, 0.1) is 0 Å². The molecule has 0 radical (unpaired) electrons. The van der Waals surface area contributed by atoms with Crippen LogP contribution in [0.5, 0.6) is 0 Å². The highest BCUT2D eigenvalue weighted by Gasteiger charge is 2.35. The number of sulfonamides is 1. The van der Waals surface area contributed by atoms with Crippen molar-refractivity contribution in [1.29, 1.82) is 0 Å². The fourth-order valence-corrected chi connectivity index (χ4v) is 2.94. The fourth-order valence-electron chi connectivity index (χ4n) is 2.06. The van der Waals surface area contributed by atoms with Crippen LogP contribution < -0.4 is 5.32 Å². The first-order valence-electron chi connectivity index (χ1n) is 5.32. The molecular formula is C9H18F2N2O2S. The molecule has 0 unspecified atom stereocenters. The van der Waals surface area contributed by atoms with Crippen molar-refractivity contribution in [2.45, 2.75) is 43.5 Å². The van der Waals surface area contributed by atoms with E-state index in [0.29, 0.717) is 18.9 Å². The molecule has 0 amide bonds. The SMILES string of the molecule is CNC1CCC(N(C)S(=O)(=O)C(F)F)CC1. The van der Waals surface area contributed by atoms with Gasteiger partial charge in [-0.1, -0.05) is 0 Å². The lowest BCUT2D eigenvalue weighted by Gasteiger charge is -2.33. The Morgan fingerprint density at radius 1 is 1.25 bits per heavy atom. The third-order valence-electron chi connectivity index (χ3n) is 3.25. The third kappa shape index (κ3) is 2.89. The van der Waals surface area contributed by atoms with Crippen molar-refractivity contribution in [3.05, 3.63) is 0 Å². The van der Waals surface area contributed by atoms with E-state index in [0.717, 1.165) is 17.1 Å². The molecule has 1 rings (SSSR count). The lowest BCUT2D eigenvalue weighted by atomic mass is 9.91. The maximum Gasteiger partial charge on any atom is 0.350 e. The summed E-state index contributed by atoms with van der Waals surface area (Å²) < 4.78 is 48.0. The first-order valence-corrected chi connectivity index (χ1v) is 6.82. The molecule has 4 nitrogen and oxygen atoms in total. The number of hydrogen-bond acceptors (Lipinski definition) is 3. The van der Waals surface area contributed by atoms with Gasteiger partial charge in [0.25, 0.3) is 10.0 Å². The summed E-state index contributed by atoms with van der Waals surface area (Å²) in [6.45, 7) is 0. The van der Waals surface area contributed by atoms with Crippen molar-refractivity contribution in [3.63, 3.8) is 0 Å². The number of hydrogen-bond donors (Lipinski definition) is 1. The van der Waals surface area contributed by atoms with Gasteiger partial charge < -0.3 is 5.32 Å². The van der Waals surface area contributed by atoms with Gasteiger partial charge >= 0.3 is 5.76 Å². The molecule has 16 heavy (non-hydrogen) atoms. The van der Waals surface area contributed by atoms with Gasteiger partial charge in [-0.25, -0.2) is 8.42 Å².